The van der Waals surface area contributed by atoms with E-state index >= 15 is 0 Å². The van der Waals surface area contributed by atoms with E-state index in [4.69, 9.17) is 9.79 Å². The molecule has 0 saturated carbocycles. The van der Waals surface area contributed by atoms with Gasteiger partial charge in [-0.25, -0.2) is 5.09 Å². The van der Waals surface area contributed by atoms with E-state index in [1.165, 1.54) is 14.2 Å². The van der Waals surface area contributed by atoms with Gasteiger partial charge in [-0.1, -0.05) is 13.3 Å². The Balaban J connectivity index is 4.94. The van der Waals surface area contributed by atoms with Gasteiger partial charge >= 0.3 is 11.9 Å². The van der Waals surface area contributed by atoms with Crippen LogP contribution in [0.25, 0.3) is 0 Å². The highest BCUT2D eigenvalue weighted by atomic mass is 31.2. The lowest BCUT2D eigenvalue weighted by Gasteiger charge is -2.24. The van der Waals surface area contributed by atoms with Crippen molar-refractivity contribution in [1.29, 1.82) is 5.26 Å². The molecular weight excluding hydrogens is 323 g/mol. The van der Waals surface area contributed by atoms with Crippen molar-refractivity contribution in [1.82, 2.24) is 5.09 Å². The number of ether oxygens (including phenoxy) is 2. The van der Waals surface area contributed by atoms with Crippen molar-refractivity contribution >= 4 is 19.5 Å². The molecule has 0 aliphatic carbocycles. The standard InChI is InChI=1S/C14H25N2O6P/c1-4-5-11-23(19,22-10-6-9-15)16-12(14(18)21-3)7-8-13(17)20-2/h12H,4-8,10-11H2,1-3H3,(H,16,19)/t12-,23?/m0/s1. The summed E-state index contributed by atoms with van der Waals surface area (Å²) in [5, 5.41) is 11.3. The molecule has 0 radical (unpaired) electrons. The van der Waals surface area contributed by atoms with Gasteiger partial charge in [0.15, 0.2) is 0 Å². The molecule has 23 heavy (non-hydrogen) atoms. The van der Waals surface area contributed by atoms with Crippen molar-refractivity contribution < 1.29 is 28.2 Å². The highest BCUT2D eigenvalue weighted by Crippen LogP contribution is 2.44. The predicted octanol–water partition coefficient (Wildman–Crippen LogP) is 1.99. The number of rotatable bonds is 12. The summed E-state index contributed by atoms with van der Waals surface area (Å²) >= 11 is 0. The van der Waals surface area contributed by atoms with Gasteiger partial charge in [0.25, 0.3) is 7.52 Å². The van der Waals surface area contributed by atoms with Crippen LogP contribution in [0.3, 0.4) is 0 Å². The summed E-state index contributed by atoms with van der Waals surface area (Å²) in [6.45, 7) is 1.95. The molecule has 0 saturated heterocycles. The first kappa shape index (κ1) is 21.6. The van der Waals surface area contributed by atoms with Gasteiger partial charge < -0.3 is 14.0 Å². The number of carbonyl (C=O) groups excluding carboxylic acids is 2. The predicted molar refractivity (Wildman–Crippen MR) is 83.8 cm³/mol. The summed E-state index contributed by atoms with van der Waals surface area (Å²) < 4.78 is 27.4. The Bertz CT molecular complexity index is 463. The molecule has 132 valence electrons. The zero-order chi connectivity index (χ0) is 17.7. The fourth-order valence-corrected chi connectivity index (χ4v) is 3.91. The zero-order valence-electron chi connectivity index (χ0n) is 13.9. The first-order valence-corrected chi connectivity index (χ1v) is 9.26. The van der Waals surface area contributed by atoms with Crippen molar-refractivity contribution in [3.05, 3.63) is 0 Å². The smallest absolute Gasteiger partial charge is 0.323 e. The molecule has 0 rings (SSSR count). The molecule has 0 spiro atoms. The summed E-state index contributed by atoms with van der Waals surface area (Å²) in [7, 11) is -0.850. The first-order valence-electron chi connectivity index (χ1n) is 7.45. The number of carbonyl (C=O) groups is 2. The lowest BCUT2D eigenvalue weighted by molar-refractivity contribution is -0.144. The van der Waals surface area contributed by atoms with Crippen LogP contribution in [-0.4, -0.2) is 45.0 Å². The minimum Gasteiger partial charge on any atom is -0.469 e. The third kappa shape index (κ3) is 9.34. The van der Waals surface area contributed by atoms with Crippen LogP contribution in [0.1, 0.15) is 39.0 Å². The van der Waals surface area contributed by atoms with Gasteiger partial charge in [-0.2, -0.15) is 5.26 Å². The number of nitrogens with one attached hydrogen (secondary N) is 1. The monoisotopic (exact) mass is 348 g/mol. The number of methoxy groups -OCH3 is 2. The van der Waals surface area contributed by atoms with Gasteiger partial charge in [-0.15, -0.1) is 0 Å². The zero-order valence-corrected chi connectivity index (χ0v) is 14.8. The molecule has 9 heteroatoms. The van der Waals surface area contributed by atoms with E-state index in [0.717, 1.165) is 6.42 Å². The number of hydrogen-bond donors (Lipinski definition) is 1. The Kier molecular flexibility index (Phi) is 11.3. The molecule has 8 nitrogen and oxygen atoms in total. The van der Waals surface area contributed by atoms with Crippen LogP contribution >= 0.6 is 7.52 Å². The number of unbranched alkanes of at least 4 members (excludes halogenated alkanes) is 1. The molecule has 0 aromatic heterocycles. The van der Waals surface area contributed by atoms with Gasteiger partial charge in [0, 0.05) is 12.6 Å². The van der Waals surface area contributed by atoms with Gasteiger partial charge in [0.05, 0.1) is 33.3 Å². The summed E-state index contributed by atoms with van der Waals surface area (Å²) in [5.74, 6) is -1.11. The number of hydrogen-bond acceptors (Lipinski definition) is 7. The second-order valence-electron chi connectivity index (χ2n) is 4.81. The first-order chi connectivity index (χ1) is 10.9. The normalized spacial score (nSPS) is 14.3. The van der Waals surface area contributed by atoms with E-state index < -0.39 is 25.5 Å². The molecule has 1 N–H and O–H groups in total. The van der Waals surface area contributed by atoms with Crippen molar-refractivity contribution in [3.63, 3.8) is 0 Å². The highest BCUT2D eigenvalue weighted by molar-refractivity contribution is 7.56. The van der Waals surface area contributed by atoms with E-state index in [0.29, 0.717) is 6.42 Å². The molecule has 0 aliphatic rings. The van der Waals surface area contributed by atoms with E-state index in [1.54, 1.807) is 0 Å². The van der Waals surface area contributed by atoms with Crippen LogP contribution in [0.4, 0.5) is 0 Å². The Morgan fingerprint density at radius 2 is 2.00 bits per heavy atom. The van der Waals surface area contributed by atoms with Crippen molar-refractivity contribution in [2.75, 3.05) is 27.0 Å². The molecule has 0 amide bonds. The summed E-state index contributed by atoms with van der Waals surface area (Å²) in [6.07, 6.45) is 1.84. The maximum absolute atomic E-state index is 12.8. The maximum atomic E-state index is 12.8. The molecule has 0 aromatic carbocycles. The van der Waals surface area contributed by atoms with Crippen molar-refractivity contribution in [3.8, 4) is 6.07 Å². The largest absolute Gasteiger partial charge is 0.469 e. The molecule has 0 aromatic rings. The van der Waals surface area contributed by atoms with E-state index in [2.05, 4.69) is 14.6 Å². The summed E-state index contributed by atoms with van der Waals surface area (Å²) in [5.41, 5.74) is 0. The topological polar surface area (TPSA) is 115 Å². The highest BCUT2D eigenvalue weighted by Gasteiger charge is 2.31. The third-order valence-corrected chi connectivity index (χ3v) is 5.23. The van der Waals surface area contributed by atoms with Crippen LogP contribution in [-0.2, 0) is 28.2 Å². The average Bonchev–Trinajstić information content (AvgIpc) is 2.56. The van der Waals surface area contributed by atoms with Gasteiger partial charge in [0.2, 0.25) is 0 Å². The molecule has 0 heterocycles. The maximum Gasteiger partial charge on any atom is 0.323 e. The second kappa shape index (κ2) is 12.1. The fourth-order valence-electron chi connectivity index (χ4n) is 1.75. The summed E-state index contributed by atoms with van der Waals surface area (Å²) in [4.78, 5) is 23.1. The quantitative estimate of drug-likeness (QED) is 0.323. The molecule has 0 bridgehead atoms. The SMILES string of the molecule is CCCCP(=O)(N[C@@H](CCC(=O)OC)C(=O)OC)OCCC#N. The Hall–Kier alpha value is -1.42. The molecule has 0 fully saturated rings. The van der Waals surface area contributed by atoms with Crippen LogP contribution in [0.15, 0.2) is 0 Å². The van der Waals surface area contributed by atoms with Gasteiger partial charge in [-0.3, -0.25) is 14.2 Å². The Morgan fingerprint density at radius 1 is 1.30 bits per heavy atom. The van der Waals surface area contributed by atoms with Crippen LogP contribution in [0, 0.1) is 11.3 Å². The van der Waals surface area contributed by atoms with Crippen molar-refractivity contribution in [2.45, 2.75) is 45.1 Å². The lowest BCUT2D eigenvalue weighted by Crippen LogP contribution is -2.37. The lowest BCUT2D eigenvalue weighted by atomic mass is 10.2. The number of esters is 2. The number of nitriles is 1. The Labute approximate surface area is 137 Å². The molecule has 1 unspecified atom stereocenters. The molecule has 2 atom stereocenters. The van der Waals surface area contributed by atoms with E-state index in [9.17, 15) is 14.2 Å². The van der Waals surface area contributed by atoms with Crippen LogP contribution in [0.5, 0.6) is 0 Å². The number of nitrogens with zero attached hydrogens (tertiary/aromatic N) is 1. The minimum absolute atomic E-state index is 0.00931. The average molecular weight is 348 g/mol. The van der Waals surface area contributed by atoms with E-state index in [-0.39, 0.29) is 32.0 Å². The van der Waals surface area contributed by atoms with Gasteiger partial charge in [0.1, 0.15) is 6.04 Å². The second-order valence-corrected chi connectivity index (χ2v) is 7.12. The Morgan fingerprint density at radius 3 is 2.52 bits per heavy atom. The fraction of sp³-hybridized carbons (Fsp3) is 0.786. The van der Waals surface area contributed by atoms with Crippen LogP contribution < -0.4 is 5.09 Å². The summed E-state index contributed by atoms with van der Waals surface area (Å²) in [6, 6.07) is 0.964. The third-order valence-electron chi connectivity index (χ3n) is 3.02. The van der Waals surface area contributed by atoms with Crippen LogP contribution in [0.2, 0.25) is 0 Å². The minimum atomic E-state index is -3.31. The molecule has 0 aliphatic heterocycles. The van der Waals surface area contributed by atoms with Gasteiger partial charge in [-0.05, 0) is 12.8 Å². The van der Waals surface area contributed by atoms with E-state index in [1.807, 2.05) is 13.0 Å². The van der Waals surface area contributed by atoms with Crippen molar-refractivity contribution in [2.24, 2.45) is 0 Å². The molecular formula is C14H25N2O6P.